The smallest absolute Gasteiger partial charge is 0.479 e. The summed E-state index contributed by atoms with van der Waals surface area (Å²) in [4.78, 5) is 151. The highest BCUT2D eigenvalue weighted by Crippen LogP contribution is 2.34. The van der Waals surface area contributed by atoms with Gasteiger partial charge >= 0.3 is 36.3 Å². The predicted octanol–water partition coefficient (Wildman–Crippen LogP) is 1.47. The first-order valence-corrected chi connectivity index (χ1v) is 29.3. The zero-order chi connectivity index (χ0) is 65.4. The Morgan fingerprint density at radius 3 is 1.74 bits per heavy atom. The van der Waals surface area contributed by atoms with Crippen LogP contribution in [0, 0.1) is 5.92 Å². The number of aliphatic imine (C=N–C) groups is 2. The summed E-state index contributed by atoms with van der Waals surface area (Å²) in [5.74, 6) is -6.19. The molecule has 4 aliphatic heterocycles. The molecule has 0 aromatic rings. The van der Waals surface area contributed by atoms with E-state index in [0.717, 1.165) is 14.2 Å². The van der Waals surface area contributed by atoms with Gasteiger partial charge in [0.1, 0.15) is 25.1 Å². The van der Waals surface area contributed by atoms with E-state index in [4.69, 9.17) is 75.8 Å². The van der Waals surface area contributed by atoms with Crippen LogP contribution in [0.5, 0.6) is 0 Å². The van der Waals surface area contributed by atoms with Gasteiger partial charge in [-0.2, -0.15) is 0 Å². The molecule has 0 aromatic heterocycles. The number of unbranched alkanes of at least 4 members (excludes halogenated alkanes) is 8. The number of esters is 3. The van der Waals surface area contributed by atoms with Crippen LogP contribution in [-0.4, -0.2) is 185 Å². The number of rotatable bonds is 39. The van der Waals surface area contributed by atoms with Gasteiger partial charge < -0.3 is 91.6 Å². The van der Waals surface area contributed by atoms with Crippen LogP contribution in [0.3, 0.4) is 0 Å². The van der Waals surface area contributed by atoms with E-state index in [1.807, 2.05) is 0 Å². The van der Waals surface area contributed by atoms with Crippen LogP contribution in [0.2, 0.25) is 0 Å². The molecule has 0 aliphatic carbocycles. The molecule has 494 valence electrons. The summed E-state index contributed by atoms with van der Waals surface area (Å²) >= 11 is 0. The number of carbonyl (C=O) groups is 11. The van der Waals surface area contributed by atoms with Crippen molar-refractivity contribution in [2.24, 2.45) is 44.0 Å². The van der Waals surface area contributed by atoms with Gasteiger partial charge in [-0.3, -0.25) is 28.8 Å². The molecule has 34 heteroatoms. The molecule has 12 N–H and O–H groups in total. The first kappa shape index (κ1) is 72.4. The maximum Gasteiger partial charge on any atom is 0.508 e. The Labute approximate surface area is 512 Å². The molecule has 89 heavy (non-hydrogen) atoms. The number of azide groups is 1. The second-order valence-corrected chi connectivity index (χ2v) is 21.2. The van der Waals surface area contributed by atoms with E-state index in [0.29, 0.717) is 70.8 Å². The second kappa shape index (κ2) is 38.2. The van der Waals surface area contributed by atoms with Crippen molar-refractivity contribution in [3.8, 4) is 0 Å². The average molecular weight is 1260 g/mol. The fourth-order valence-electron chi connectivity index (χ4n) is 9.87. The van der Waals surface area contributed by atoms with Gasteiger partial charge in [0.2, 0.25) is 29.2 Å². The van der Waals surface area contributed by atoms with Crippen molar-refractivity contribution in [3.05, 3.63) is 34.1 Å². The molecule has 2 fully saturated rings. The molecule has 2 saturated heterocycles. The predicted molar refractivity (Wildman–Crippen MR) is 309 cm³/mol. The van der Waals surface area contributed by atoms with Gasteiger partial charge in [-0.1, -0.05) is 50.6 Å². The second-order valence-electron chi connectivity index (χ2n) is 21.2. The third-order valence-corrected chi connectivity index (χ3v) is 14.3. The number of hydrogen-bond acceptors (Lipinski definition) is 24. The Hall–Kier alpha value is -9.10. The van der Waals surface area contributed by atoms with E-state index < -0.39 is 127 Å². The number of amides is 4. The van der Waals surface area contributed by atoms with Gasteiger partial charge in [0.25, 0.3) is 0 Å². The van der Waals surface area contributed by atoms with Crippen molar-refractivity contribution < 1.29 is 100 Å². The summed E-state index contributed by atoms with van der Waals surface area (Å²) in [6, 6.07) is -4.08. The van der Waals surface area contributed by atoms with Crippen molar-refractivity contribution in [1.82, 2.24) is 21.3 Å². The lowest BCUT2D eigenvalue weighted by molar-refractivity contribution is -0.171. The summed E-state index contributed by atoms with van der Waals surface area (Å²) in [6.45, 7) is 2.83. The quantitative estimate of drug-likeness (QED) is 0.00631. The number of ketones is 2. The molecule has 34 nitrogen and oxygen atoms in total. The number of hydrogen-bond donors (Lipinski definition) is 8. The Morgan fingerprint density at radius 1 is 0.640 bits per heavy atom. The Kier molecular flexibility index (Phi) is 31.1. The minimum atomic E-state index is -1.47. The molecule has 4 rings (SSSR count). The number of alkyl carbamates (subject to hydrolysis) is 1. The van der Waals surface area contributed by atoms with Crippen molar-refractivity contribution in [1.29, 1.82) is 0 Å². The fraction of sp³-hybridized carbons (Fsp3) is 0.691. The first-order chi connectivity index (χ1) is 42.5. The molecule has 4 heterocycles. The fourth-order valence-corrected chi connectivity index (χ4v) is 9.87. The number of cyclic esters (lactones) is 4. The topological polar surface area (TPSA) is 506 Å². The van der Waals surface area contributed by atoms with Crippen molar-refractivity contribution >= 4 is 77.5 Å². The maximum atomic E-state index is 13.4. The molecular formula is C55H83N13O21. The van der Waals surface area contributed by atoms with E-state index in [2.05, 4.69) is 41.3 Å². The van der Waals surface area contributed by atoms with E-state index in [1.165, 1.54) is 19.1 Å². The van der Waals surface area contributed by atoms with Gasteiger partial charge in [-0.05, 0) is 56.2 Å². The van der Waals surface area contributed by atoms with Crippen LogP contribution in [0.1, 0.15) is 129 Å². The van der Waals surface area contributed by atoms with E-state index in [1.54, 1.807) is 6.92 Å². The number of guanidine groups is 2. The van der Waals surface area contributed by atoms with Crippen LogP contribution < -0.4 is 44.2 Å². The van der Waals surface area contributed by atoms with Gasteiger partial charge in [0, 0.05) is 75.9 Å². The van der Waals surface area contributed by atoms with Crippen LogP contribution in [0.15, 0.2) is 38.8 Å². The lowest BCUT2D eigenvalue weighted by atomic mass is 9.87. The molecule has 0 spiro atoms. The molecule has 0 aromatic carbocycles. The standard InChI is InChI=1S/C55H83N13O21/c1-30-34(66-51(56)57)26-37(49(75)80-3)84-45(30)46(39-28-82-54(78)86-39)88-43(74)18-12-8-6-9-13-23-61-41(72)22-21-36(71)33(65-42(73)17-15-25-63-68-60)20-19-32(70)16-11-7-5-10-14-24-62-53(77)89-47(40-29-83-55(79)87-40)48-44(64-31(2)69)35(67-52(58)59)27-38(85-48)50(76)81-4/h26-27,30,33-35,39-40,44-48H,5-25,28-29H2,1-4H3,(H,61,72)(H,62,77)(H,64,69)(H,65,73)(H4,56,57,66)(H4,58,59,67)/t30-,33-,34+,35+,39-,40-,44-,45-,46-,47-,48-/m1/s1. The molecule has 4 aliphatic rings. The van der Waals surface area contributed by atoms with Gasteiger partial charge in [0.15, 0.2) is 48.2 Å². The summed E-state index contributed by atoms with van der Waals surface area (Å²) in [6.07, 6.45) is -1.71. The molecule has 11 atom stereocenters. The molecule has 0 bridgehead atoms. The third kappa shape index (κ3) is 25.6. The third-order valence-electron chi connectivity index (χ3n) is 14.3. The highest BCUT2D eigenvalue weighted by atomic mass is 16.8. The number of Topliss-reactive ketones (excluding diaryl/α,β-unsaturated/α-hetero) is 2. The summed E-state index contributed by atoms with van der Waals surface area (Å²) < 4.78 is 53.3. The van der Waals surface area contributed by atoms with Gasteiger partial charge in [-0.25, -0.2) is 34.0 Å². The van der Waals surface area contributed by atoms with Crippen molar-refractivity contribution in [3.63, 3.8) is 0 Å². The van der Waals surface area contributed by atoms with Gasteiger partial charge in [0.05, 0.1) is 38.4 Å². The average Bonchev–Trinajstić information content (AvgIpc) is 1.92. The summed E-state index contributed by atoms with van der Waals surface area (Å²) in [5, 5.41) is 14.1. The number of carbonyl (C=O) groups excluding carboxylic acids is 11. The zero-order valence-electron chi connectivity index (χ0n) is 50.4. The highest BCUT2D eigenvalue weighted by molar-refractivity contribution is 5.92. The number of nitrogens with two attached hydrogens (primary N) is 4. The van der Waals surface area contributed by atoms with Crippen molar-refractivity contribution in [2.75, 3.05) is 47.1 Å². The Bertz CT molecular complexity index is 2660. The molecule has 0 saturated carbocycles. The number of ether oxygens (including phenoxy) is 10. The van der Waals surface area contributed by atoms with E-state index in [-0.39, 0.29) is 107 Å². The summed E-state index contributed by atoms with van der Waals surface area (Å²) in [5.41, 5.74) is 31.1. The monoisotopic (exact) mass is 1260 g/mol. The minimum Gasteiger partial charge on any atom is -0.479 e. The SMILES string of the molecule is COC(=O)C1=C[C@H](N=C(N)N)[C@@H](C)[C@H]([C@H](OC(=O)CCCCCCCNC(=O)CCC(=O)[C@@H](CCC(=O)CCCCCCCNC(=O)O[C@@H]([C@@H]2OC(C(=O)OC)=C[C@H](N=C(N)N)[C@H]2NC(C)=O)[C@H]2COC(=O)O2)NC(=O)CCCN=[N+]=[N-])[C@H]2COC(=O)O2)O1. The Balaban J connectivity index is 1.16. The van der Waals surface area contributed by atoms with Crippen molar-refractivity contribution in [2.45, 2.75) is 190 Å². The normalized spacial score (nSPS) is 21.7. The van der Waals surface area contributed by atoms with E-state index >= 15 is 0 Å². The maximum absolute atomic E-state index is 13.4. The molecular weight excluding hydrogens is 1180 g/mol. The lowest BCUT2D eigenvalue weighted by Crippen LogP contribution is -2.61. The largest absolute Gasteiger partial charge is 0.508 e. The molecule has 0 unspecified atom stereocenters. The highest BCUT2D eigenvalue weighted by Gasteiger charge is 2.51. The first-order valence-electron chi connectivity index (χ1n) is 29.3. The minimum absolute atomic E-state index is 0.000820. The number of nitrogens with zero attached hydrogens (tertiary/aromatic N) is 5. The van der Waals surface area contributed by atoms with Crippen LogP contribution >= 0.6 is 0 Å². The van der Waals surface area contributed by atoms with Gasteiger partial charge in [-0.15, -0.1) is 0 Å². The summed E-state index contributed by atoms with van der Waals surface area (Å²) in [7, 11) is 2.25. The number of methoxy groups -OCH3 is 2. The van der Waals surface area contributed by atoms with Crippen LogP contribution in [0.25, 0.3) is 10.4 Å². The van der Waals surface area contributed by atoms with E-state index in [9.17, 15) is 52.7 Å². The molecule has 0 radical (unpaired) electrons. The van der Waals surface area contributed by atoms with Crippen LogP contribution in [-0.2, 0) is 85.7 Å². The van der Waals surface area contributed by atoms with Crippen LogP contribution in [0.4, 0.5) is 14.4 Å². The number of nitrogens with one attached hydrogen (secondary N) is 4. The lowest BCUT2D eigenvalue weighted by Gasteiger charge is -2.39. The molecule has 4 amide bonds. The Morgan fingerprint density at radius 2 is 1.18 bits per heavy atom. The zero-order valence-corrected chi connectivity index (χ0v) is 50.4.